The zero-order valence-corrected chi connectivity index (χ0v) is 27.1. The Bertz CT molecular complexity index is 1440. The minimum atomic E-state index is -1.24. The molecule has 2 heterocycles. The number of nitrogens with one attached hydrogen (secondary N) is 1. The lowest BCUT2D eigenvalue weighted by Crippen LogP contribution is -2.61. The molecule has 0 radical (unpaired) electrons. The van der Waals surface area contributed by atoms with Crippen LogP contribution in [-0.2, 0) is 36.8 Å². The highest BCUT2D eigenvalue weighted by atomic mass is 35.5. The Labute approximate surface area is 269 Å². The average Bonchev–Trinajstić information content (AvgIpc) is 3.85. The number of halogens is 2. The number of hydrogen-bond donors (Lipinski definition) is 1. The number of fused-ring (bicyclic) bond motifs is 1. The van der Waals surface area contributed by atoms with Gasteiger partial charge in [-0.1, -0.05) is 61.3 Å². The summed E-state index contributed by atoms with van der Waals surface area (Å²) in [5.41, 5.74) is 0.994. The van der Waals surface area contributed by atoms with E-state index in [1.807, 2.05) is 30.3 Å². The summed E-state index contributed by atoms with van der Waals surface area (Å²) in [5, 5.41) is 3.86. The van der Waals surface area contributed by atoms with Gasteiger partial charge in [-0.15, -0.1) is 0 Å². The van der Waals surface area contributed by atoms with Crippen LogP contribution in [0.3, 0.4) is 0 Å². The Morgan fingerprint density at radius 3 is 2.52 bits per heavy atom. The Kier molecular flexibility index (Phi) is 9.93. The van der Waals surface area contributed by atoms with E-state index < -0.39 is 23.4 Å². The molecule has 1 saturated carbocycles. The molecule has 5 rings (SSSR count). The van der Waals surface area contributed by atoms with E-state index in [1.165, 1.54) is 7.11 Å². The SMILES string of the molecule is COC(=O)[C@]12C[C@H](CC(=O)NCCc3ccccc3OC)C(=O)N(Cc3ccc(Cl)cc3Cl)C1=C[C@H](C(C)C)O[C@@H]2C1CC1. The van der Waals surface area contributed by atoms with Crippen LogP contribution in [0, 0.1) is 23.2 Å². The monoisotopic (exact) mass is 642 g/mol. The number of piperidine rings is 1. The van der Waals surface area contributed by atoms with Crippen molar-refractivity contribution >= 4 is 41.0 Å². The molecule has 1 N–H and O–H groups in total. The first-order valence-electron chi connectivity index (χ1n) is 15.2. The van der Waals surface area contributed by atoms with Gasteiger partial charge in [0.2, 0.25) is 11.8 Å². The fraction of sp³-hybridized carbons (Fsp3) is 0.500. The molecule has 4 atom stereocenters. The maximum absolute atomic E-state index is 14.3. The van der Waals surface area contributed by atoms with Crippen LogP contribution in [-0.4, -0.2) is 55.7 Å². The van der Waals surface area contributed by atoms with Gasteiger partial charge in [-0.25, -0.2) is 0 Å². The predicted octanol–water partition coefficient (Wildman–Crippen LogP) is 5.98. The molecule has 236 valence electrons. The predicted molar refractivity (Wildman–Crippen MR) is 168 cm³/mol. The third-order valence-electron chi connectivity index (χ3n) is 8.98. The van der Waals surface area contributed by atoms with Gasteiger partial charge in [0.15, 0.2) is 0 Å². The summed E-state index contributed by atoms with van der Waals surface area (Å²) < 4.78 is 17.5. The topological polar surface area (TPSA) is 94.2 Å². The number of hydrogen-bond acceptors (Lipinski definition) is 6. The molecular formula is C34H40Cl2N2O6. The number of nitrogens with zero attached hydrogens (tertiary/aromatic N) is 1. The second-order valence-electron chi connectivity index (χ2n) is 12.3. The van der Waals surface area contributed by atoms with Crippen molar-refractivity contribution in [3.8, 4) is 5.75 Å². The van der Waals surface area contributed by atoms with Gasteiger partial charge in [-0.3, -0.25) is 14.4 Å². The lowest BCUT2D eigenvalue weighted by molar-refractivity contribution is -0.182. The van der Waals surface area contributed by atoms with E-state index in [0.29, 0.717) is 34.3 Å². The van der Waals surface area contributed by atoms with Crippen LogP contribution in [0.2, 0.25) is 10.0 Å². The minimum absolute atomic E-state index is 0.0768. The number of benzene rings is 2. The maximum Gasteiger partial charge on any atom is 0.320 e. The molecule has 0 bridgehead atoms. The summed E-state index contributed by atoms with van der Waals surface area (Å²) >= 11 is 12.8. The Hall–Kier alpha value is -3.07. The number of carbonyl (C=O) groups is 3. The molecule has 2 aromatic carbocycles. The van der Waals surface area contributed by atoms with E-state index in [9.17, 15) is 14.4 Å². The van der Waals surface area contributed by atoms with Crippen LogP contribution in [0.25, 0.3) is 0 Å². The number of likely N-dealkylation sites (tertiary alicyclic amines) is 1. The van der Waals surface area contributed by atoms with Crippen molar-refractivity contribution in [2.45, 2.75) is 64.7 Å². The van der Waals surface area contributed by atoms with Crippen molar-refractivity contribution in [2.24, 2.45) is 23.2 Å². The maximum atomic E-state index is 14.3. The van der Waals surface area contributed by atoms with Gasteiger partial charge in [0, 0.05) is 34.6 Å². The Morgan fingerprint density at radius 1 is 1.11 bits per heavy atom. The minimum Gasteiger partial charge on any atom is -0.496 e. The van der Waals surface area contributed by atoms with Crippen molar-refractivity contribution in [3.63, 3.8) is 0 Å². The van der Waals surface area contributed by atoms with E-state index >= 15 is 0 Å². The first kappa shape index (κ1) is 32.3. The van der Waals surface area contributed by atoms with E-state index in [2.05, 4.69) is 19.2 Å². The quantitative estimate of drug-likeness (QED) is 0.303. The summed E-state index contributed by atoms with van der Waals surface area (Å²) in [4.78, 5) is 43.2. The first-order valence-corrected chi connectivity index (χ1v) is 15.9. The zero-order chi connectivity index (χ0) is 31.6. The van der Waals surface area contributed by atoms with E-state index in [0.717, 1.165) is 24.2 Å². The Morgan fingerprint density at radius 2 is 1.86 bits per heavy atom. The van der Waals surface area contributed by atoms with Gasteiger partial charge < -0.3 is 24.4 Å². The molecule has 2 aromatic rings. The third kappa shape index (κ3) is 6.49. The number of methoxy groups -OCH3 is 2. The van der Waals surface area contributed by atoms with Gasteiger partial charge in [0.25, 0.3) is 0 Å². The second kappa shape index (κ2) is 13.5. The highest BCUT2D eigenvalue weighted by molar-refractivity contribution is 6.35. The van der Waals surface area contributed by atoms with Crippen LogP contribution in [0.4, 0.5) is 0 Å². The van der Waals surface area contributed by atoms with Crippen LogP contribution in [0.5, 0.6) is 5.75 Å². The molecule has 1 aliphatic carbocycles. The number of esters is 1. The Balaban J connectivity index is 1.47. The van der Waals surface area contributed by atoms with Crippen molar-refractivity contribution in [1.29, 1.82) is 0 Å². The molecule has 44 heavy (non-hydrogen) atoms. The molecule has 2 aliphatic heterocycles. The average molecular weight is 644 g/mol. The summed E-state index contributed by atoms with van der Waals surface area (Å²) in [7, 11) is 2.98. The standard InChI is InChI=1S/C34H40Cl2N2O6/c1-20(2)28-17-29-34(33(41)43-4,31(44-28)22-9-10-22)18-24(32(40)38(29)19-23-11-12-25(35)16-26(23)36)15-30(39)37-14-13-21-7-5-6-8-27(21)42-3/h5-8,11-12,16-17,20,22,24,28,31H,9-10,13-15,18-19H2,1-4H3,(H,37,39)/t24-,28+,31+,34+/m0/s1. The summed E-state index contributed by atoms with van der Waals surface area (Å²) in [6.07, 6.45) is 3.61. The number of ether oxygens (including phenoxy) is 3. The van der Waals surface area contributed by atoms with Gasteiger partial charge in [-0.2, -0.15) is 0 Å². The number of carbonyl (C=O) groups excluding carboxylic acids is 3. The summed E-state index contributed by atoms with van der Waals surface area (Å²) in [6.45, 7) is 4.61. The van der Waals surface area contributed by atoms with Gasteiger partial charge in [-0.05, 0) is 72.9 Å². The lowest BCUT2D eigenvalue weighted by Gasteiger charge is -2.53. The van der Waals surface area contributed by atoms with Crippen molar-refractivity contribution in [2.75, 3.05) is 20.8 Å². The molecule has 2 amide bonds. The first-order chi connectivity index (χ1) is 21.1. The van der Waals surface area contributed by atoms with Crippen LogP contribution in [0.15, 0.2) is 54.2 Å². The fourth-order valence-corrected chi connectivity index (χ4v) is 7.04. The summed E-state index contributed by atoms with van der Waals surface area (Å²) in [6, 6.07) is 12.8. The van der Waals surface area contributed by atoms with Crippen LogP contribution in [0.1, 0.15) is 50.7 Å². The highest BCUT2D eigenvalue weighted by Crippen LogP contribution is 2.57. The molecule has 2 fully saturated rings. The van der Waals surface area contributed by atoms with Crippen LogP contribution < -0.4 is 10.1 Å². The highest BCUT2D eigenvalue weighted by Gasteiger charge is 2.63. The molecule has 3 aliphatic rings. The molecular weight excluding hydrogens is 603 g/mol. The van der Waals surface area contributed by atoms with E-state index in [4.69, 9.17) is 37.4 Å². The third-order valence-corrected chi connectivity index (χ3v) is 9.57. The normalized spacial score (nSPS) is 24.9. The molecule has 0 spiro atoms. The van der Waals surface area contributed by atoms with Crippen molar-refractivity contribution in [3.05, 3.63) is 75.4 Å². The van der Waals surface area contributed by atoms with Gasteiger partial charge >= 0.3 is 5.97 Å². The van der Waals surface area contributed by atoms with Gasteiger partial charge in [0.1, 0.15) is 11.2 Å². The summed E-state index contributed by atoms with van der Waals surface area (Å²) in [5.74, 6) is -0.711. The smallest absolute Gasteiger partial charge is 0.320 e. The lowest BCUT2D eigenvalue weighted by atomic mass is 9.64. The largest absolute Gasteiger partial charge is 0.496 e. The van der Waals surface area contributed by atoms with E-state index in [1.54, 1.807) is 30.2 Å². The number of rotatable bonds is 11. The molecule has 0 aromatic heterocycles. The number of para-hydroxylation sites is 1. The van der Waals surface area contributed by atoms with Gasteiger partial charge in [0.05, 0.1) is 33.0 Å². The van der Waals surface area contributed by atoms with Crippen molar-refractivity contribution < 1.29 is 28.6 Å². The fourth-order valence-electron chi connectivity index (χ4n) is 6.57. The van der Waals surface area contributed by atoms with E-state index in [-0.39, 0.29) is 49.1 Å². The molecule has 8 nitrogen and oxygen atoms in total. The van der Waals surface area contributed by atoms with Crippen molar-refractivity contribution in [1.82, 2.24) is 10.2 Å². The van der Waals surface area contributed by atoms with Crippen LogP contribution >= 0.6 is 23.2 Å². The molecule has 10 heteroatoms. The zero-order valence-electron chi connectivity index (χ0n) is 25.6. The number of amides is 2. The molecule has 0 unspecified atom stereocenters. The second-order valence-corrected chi connectivity index (χ2v) is 13.1. The molecule has 1 saturated heterocycles.